The summed E-state index contributed by atoms with van der Waals surface area (Å²) in [5, 5.41) is 4.57. The smallest absolute Gasteiger partial charge is 0.313 e. The van der Waals surface area contributed by atoms with Crippen molar-refractivity contribution < 1.29 is 22.4 Å². The molecule has 0 radical (unpaired) electrons. The van der Waals surface area contributed by atoms with Gasteiger partial charge < -0.3 is 10.6 Å². The third-order valence-corrected chi connectivity index (χ3v) is 4.49. The molecular weight excluding hydrogens is 359 g/mol. The van der Waals surface area contributed by atoms with E-state index in [1.807, 2.05) is 0 Å². The summed E-state index contributed by atoms with van der Waals surface area (Å²) >= 11 is 0. The van der Waals surface area contributed by atoms with Crippen molar-refractivity contribution in [3.05, 3.63) is 65.5 Å². The fourth-order valence-electron chi connectivity index (χ4n) is 2.33. The Morgan fingerprint density at radius 1 is 1.08 bits per heavy atom. The molecule has 0 aliphatic rings. The van der Waals surface area contributed by atoms with Gasteiger partial charge in [-0.25, -0.2) is 12.8 Å². The zero-order valence-electron chi connectivity index (χ0n) is 14.3. The molecule has 0 aliphatic heterocycles. The van der Waals surface area contributed by atoms with Crippen LogP contribution in [-0.4, -0.2) is 32.2 Å². The van der Waals surface area contributed by atoms with Gasteiger partial charge in [0.1, 0.15) is 15.7 Å². The molecule has 1 unspecified atom stereocenters. The molecule has 0 spiro atoms. The first kappa shape index (κ1) is 19.6. The molecule has 0 bridgehead atoms. The van der Waals surface area contributed by atoms with Crippen LogP contribution >= 0.6 is 0 Å². The Labute approximate surface area is 151 Å². The Bertz CT molecular complexity index is 914. The molecular formula is C18H19FN2O4S. The predicted molar refractivity (Wildman–Crippen MR) is 96.8 cm³/mol. The van der Waals surface area contributed by atoms with Crippen molar-refractivity contribution in [2.24, 2.45) is 0 Å². The molecule has 0 saturated heterocycles. The second-order valence-corrected chi connectivity index (χ2v) is 8.15. The standard InChI is InChI=1S/C18H19FN2O4S/c1-12-8-9-15(14(19)10-12)20-17(22)18(23)21-16(11-26(2,24)25)13-6-4-3-5-7-13/h3-10,16H,11H2,1-2H3,(H,20,22)(H,21,23). The van der Waals surface area contributed by atoms with Crippen molar-refractivity contribution >= 4 is 27.3 Å². The number of halogens is 1. The molecule has 0 aliphatic carbocycles. The molecule has 2 amide bonds. The van der Waals surface area contributed by atoms with Gasteiger partial charge in [-0.1, -0.05) is 36.4 Å². The Kier molecular flexibility index (Phi) is 6.10. The van der Waals surface area contributed by atoms with Crippen LogP contribution in [0.5, 0.6) is 0 Å². The van der Waals surface area contributed by atoms with Gasteiger partial charge in [-0.15, -0.1) is 0 Å². The third kappa shape index (κ3) is 5.66. The lowest BCUT2D eigenvalue weighted by Gasteiger charge is -2.18. The summed E-state index contributed by atoms with van der Waals surface area (Å²) in [6.45, 7) is 1.69. The lowest BCUT2D eigenvalue weighted by Crippen LogP contribution is -2.40. The molecule has 26 heavy (non-hydrogen) atoms. The maximum atomic E-state index is 13.8. The van der Waals surface area contributed by atoms with Gasteiger partial charge in [0.2, 0.25) is 0 Å². The van der Waals surface area contributed by atoms with Crippen molar-refractivity contribution in [3.8, 4) is 0 Å². The van der Waals surface area contributed by atoms with Crippen molar-refractivity contribution in [1.82, 2.24) is 5.32 Å². The average molecular weight is 378 g/mol. The Balaban J connectivity index is 2.14. The first-order valence-electron chi connectivity index (χ1n) is 7.76. The molecule has 8 heteroatoms. The Morgan fingerprint density at radius 2 is 1.73 bits per heavy atom. The number of benzene rings is 2. The number of sulfone groups is 1. The number of aryl methyl sites for hydroxylation is 1. The second-order valence-electron chi connectivity index (χ2n) is 5.97. The van der Waals surface area contributed by atoms with Gasteiger partial charge in [0, 0.05) is 6.26 Å². The van der Waals surface area contributed by atoms with Gasteiger partial charge in [-0.3, -0.25) is 9.59 Å². The molecule has 2 aromatic carbocycles. The largest absolute Gasteiger partial charge is 0.340 e. The topological polar surface area (TPSA) is 92.3 Å². The lowest BCUT2D eigenvalue weighted by atomic mass is 10.1. The highest BCUT2D eigenvalue weighted by Gasteiger charge is 2.23. The zero-order chi connectivity index (χ0) is 19.3. The summed E-state index contributed by atoms with van der Waals surface area (Å²) in [6, 6.07) is 11.7. The van der Waals surface area contributed by atoms with Crippen LogP contribution in [0.2, 0.25) is 0 Å². The Morgan fingerprint density at radius 3 is 2.31 bits per heavy atom. The van der Waals surface area contributed by atoms with Crippen LogP contribution in [-0.2, 0) is 19.4 Å². The van der Waals surface area contributed by atoms with Gasteiger partial charge in [0.25, 0.3) is 0 Å². The van der Waals surface area contributed by atoms with E-state index in [0.717, 1.165) is 6.26 Å². The number of hydrogen-bond acceptors (Lipinski definition) is 4. The third-order valence-electron chi connectivity index (χ3n) is 3.56. The van der Waals surface area contributed by atoms with Gasteiger partial charge in [0.05, 0.1) is 17.5 Å². The van der Waals surface area contributed by atoms with E-state index in [1.165, 1.54) is 12.1 Å². The minimum atomic E-state index is -3.42. The van der Waals surface area contributed by atoms with Crippen molar-refractivity contribution in [2.45, 2.75) is 13.0 Å². The van der Waals surface area contributed by atoms with E-state index in [0.29, 0.717) is 11.1 Å². The van der Waals surface area contributed by atoms with Crippen LogP contribution in [0.3, 0.4) is 0 Å². The van der Waals surface area contributed by atoms with Crippen LogP contribution in [0.4, 0.5) is 10.1 Å². The first-order valence-corrected chi connectivity index (χ1v) is 9.82. The summed E-state index contributed by atoms with van der Waals surface area (Å²) < 4.78 is 37.1. The quantitative estimate of drug-likeness (QED) is 0.778. The summed E-state index contributed by atoms with van der Waals surface area (Å²) in [7, 11) is -3.42. The Hall–Kier alpha value is -2.74. The van der Waals surface area contributed by atoms with Gasteiger partial charge in [0.15, 0.2) is 0 Å². The monoisotopic (exact) mass is 378 g/mol. The SMILES string of the molecule is Cc1ccc(NC(=O)C(=O)NC(CS(C)(=O)=O)c2ccccc2)c(F)c1. The highest BCUT2D eigenvalue weighted by molar-refractivity contribution is 7.90. The van der Waals surface area contributed by atoms with Crippen molar-refractivity contribution in [1.29, 1.82) is 0 Å². The second kappa shape index (κ2) is 8.09. The minimum Gasteiger partial charge on any atom is -0.340 e. The molecule has 0 fully saturated rings. The number of carbonyl (C=O) groups excluding carboxylic acids is 2. The first-order chi connectivity index (χ1) is 12.2. The van der Waals surface area contributed by atoms with Crippen LogP contribution in [0.15, 0.2) is 48.5 Å². The molecule has 0 aromatic heterocycles. The zero-order valence-corrected chi connectivity index (χ0v) is 15.1. The van der Waals surface area contributed by atoms with E-state index < -0.39 is 33.5 Å². The summed E-state index contributed by atoms with van der Waals surface area (Å²) in [5.41, 5.74) is 1.08. The van der Waals surface area contributed by atoms with Crippen LogP contribution in [0.1, 0.15) is 17.2 Å². The van der Waals surface area contributed by atoms with Crippen LogP contribution in [0, 0.1) is 12.7 Å². The van der Waals surface area contributed by atoms with Gasteiger partial charge in [-0.2, -0.15) is 0 Å². The summed E-state index contributed by atoms with van der Waals surface area (Å²) in [5.74, 6) is -3.17. The van der Waals surface area contributed by atoms with E-state index in [4.69, 9.17) is 0 Å². The summed E-state index contributed by atoms with van der Waals surface area (Å²) in [4.78, 5) is 24.2. The van der Waals surface area contributed by atoms with E-state index in [9.17, 15) is 22.4 Å². The number of amides is 2. The van der Waals surface area contributed by atoms with Crippen LogP contribution in [0.25, 0.3) is 0 Å². The van der Waals surface area contributed by atoms with Crippen molar-refractivity contribution in [2.75, 3.05) is 17.3 Å². The maximum absolute atomic E-state index is 13.8. The predicted octanol–water partition coefficient (Wildman–Crippen LogP) is 1.97. The maximum Gasteiger partial charge on any atom is 0.313 e. The van der Waals surface area contributed by atoms with E-state index in [-0.39, 0.29) is 11.4 Å². The molecule has 0 saturated carbocycles. The number of anilines is 1. The highest BCUT2D eigenvalue weighted by atomic mass is 32.2. The van der Waals surface area contributed by atoms with Crippen molar-refractivity contribution in [3.63, 3.8) is 0 Å². The van der Waals surface area contributed by atoms with E-state index >= 15 is 0 Å². The fourth-order valence-corrected chi connectivity index (χ4v) is 3.21. The molecule has 2 N–H and O–H groups in total. The lowest BCUT2D eigenvalue weighted by molar-refractivity contribution is -0.136. The van der Waals surface area contributed by atoms with Gasteiger partial charge >= 0.3 is 11.8 Å². The molecule has 2 rings (SSSR count). The number of nitrogens with one attached hydrogen (secondary N) is 2. The van der Waals surface area contributed by atoms with E-state index in [1.54, 1.807) is 43.3 Å². The molecule has 138 valence electrons. The average Bonchev–Trinajstić information content (AvgIpc) is 2.56. The normalized spacial score (nSPS) is 12.3. The molecule has 1 atom stereocenters. The van der Waals surface area contributed by atoms with E-state index in [2.05, 4.69) is 10.6 Å². The highest BCUT2D eigenvalue weighted by Crippen LogP contribution is 2.17. The number of carbonyl (C=O) groups is 2. The fraction of sp³-hybridized carbons (Fsp3) is 0.222. The minimum absolute atomic E-state index is 0.130. The summed E-state index contributed by atoms with van der Waals surface area (Å²) in [6.07, 6.45) is 1.04. The number of hydrogen-bond donors (Lipinski definition) is 2. The van der Waals surface area contributed by atoms with Crippen LogP contribution < -0.4 is 10.6 Å². The molecule has 2 aromatic rings. The molecule has 0 heterocycles. The molecule has 6 nitrogen and oxygen atoms in total. The number of rotatable bonds is 5. The van der Waals surface area contributed by atoms with Gasteiger partial charge in [-0.05, 0) is 30.2 Å².